The van der Waals surface area contributed by atoms with E-state index in [2.05, 4.69) is 0 Å². The minimum absolute atomic E-state index is 2.08. The van der Waals surface area contributed by atoms with Crippen molar-refractivity contribution in [2.45, 2.75) is 0 Å². The number of hydrogen-bond acceptors (Lipinski definition) is 1. The number of hydrogen-bond donors (Lipinski definition) is 0. The van der Waals surface area contributed by atoms with Gasteiger partial charge in [0.15, 0.2) is 0 Å². The second kappa shape index (κ2) is 0.711. The quantitative estimate of drug-likeness (QED) is 0.374. The summed E-state index contributed by atoms with van der Waals surface area (Å²) in [6.45, 7) is 0. The van der Waals surface area contributed by atoms with Gasteiger partial charge in [0.2, 0.25) is 0 Å². The van der Waals surface area contributed by atoms with E-state index in [-0.39, 0.29) is 0 Å². The predicted molar refractivity (Wildman–Crippen MR) is 8.22 cm³/mol. The number of carbonyl (C=O) groups is 1. The van der Waals surface area contributed by atoms with Crippen molar-refractivity contribution in [1.29, 1.82) is 0 Å². The number of nitrogens with zero attached hydrogens (tertiary/aromatic N) is 1. The van der Waals surface area contributed by atoms with Gasteiger partial charge >= 0.3 is 6.09 Å². The van der Waals surface area contributed by atoms with Crippen LogP contribution in [0.25, 0.3) is 0 Å². The molecule has 4 heavy (non-hydrogen) atoms. The summed E-state index contributed by atoms with van der Waals surface area (Å²) in [5.74, 6) is 0. The fourth-order valence-electron chi connectivity index (χ4n) is 0. The van der Waals surface area contributed by atoms with E-state index in [4.69, 9.17) is 15.6 Å². The summed E-state index contributed by atoms with van der Waals surface area (Å²) in [5, 5.41) is 8.44. The van der Waals surface area contributed by atoms with Gasteiger partial charge < -0.3 is 0 Å². The Morgan fingerprint density at radius 2 is 1.75 bits per heavy atom. The van der Waals surface area contributed by atoms with Crippen LogP contribution in [0.2, 0.25) is 0 Å². The molecule has 0 atom stereocenters. The van der Waals surface area contributed by atoms with E-state index < -0.39 is 6.09 Å². The first kappa shape index (κ1) is 3.27. The molecule has 0 aliphatic carbocycles. The zero-order valence-corrected chi connectivity index (χ0v) is 1.76. The third kappa shape index (κ3) is 0.174. The molecule has 3 heteroatoms. The van der Waals surface area contributed by atoms with E-state index in [1.54, 1.807) is 0 Å². The van der Waals surface area contributed by atoms with Crippen molar-refractivity contribution in [3.8, 4) is 0 Å². The van der Waals surface area contributed by atoms with Crippen molar-refractivity contribution in [2.75, 3.05) is 0 Å². The second-order valence-electron chi connectivity index (χ2n) is 0.266. The molecular weight excluding hydrogens is 58.0 g/mol. The largest absolute Gasteiger partial charge is 0.494 e. The van der Waals surface area contributed by atoms with E-state index in [9.17, 15) is 0 Å². The Labute approximate surface area is 23.0 Å². The van der Waals surface area contributed by atoms with Gasteiger partial charge in [-0.1, -0.05) is 5.73 Å². The Balaban J connectivity index is 2.80. The number of rotatable bonds is 0. The lowest BCUT2D eigenvalue weighted by atomic mass is 11.3. The van der Waals surface area contributed by atoms with Crippen molar-refractivity contribution >= 4 is 6.09 Å². The van der Waals surface area contributed by atoms with Crippen LogP contribution >= 0.6 is 0 Å². The van der Waals surface area contributed by atoms with E-state index in [1.807, 2.05) is 0 Å². The lowest BCUT2D eigenvalue weighted by Crippen LogP contribution is -1.82. The molecule has 0 saturated carbocycles. The van der Waals surface area contributed by atoms with Gasteiger partial charge in [-0.3, -0.25) is 0 Å². The summed E-state index contributed by atoms with van der Waals surface area (Å²) in [4.78, 5) is 8.44. The molecule has 0 bridgehead atoms. The summed E-state index contributed by atoms with van der Waals surface area (Å²) in [6.07, 6.45) is -2.08. The first-order valence-corrected chi connectivity index (χ1v) is 0.632. The van der Waals surface area contributed by atoms with Crippen LogP contribution in [0.3, 0.4) is 0 Å². The van der Waals surface area contributed by atoms with Crippen LogP contribution in [0.1, 0.15) is 0 Å². The van der Waals surface area contributed by atoms with Crippen LogP contribution in [0.4, 0.5) is 4.79 Å². The Morgan fingerprint density at radius 1 is 1.75 bits per heavy atom. The Kier molecular flexibility index (Phi) is 0.581. The Bertz CT molecular complexity index is 29.0. The molecule has 3 radical (unpaired) electrons. The summed E-state index contributed by atoms with van der Waals surface area (Å²) in [7, 11) is 0. The molecule has 0 aromatic rings. The highest BCUT2D eigenvalue weighted by Gasteiger charge is 1.79. The lowest BCUT2D eigenvalue weighted by Gasteiger charge is -1.45. The molecule has 0 heterocycles. The highest BCUT2D eigenvalue weighted by atomic mass is 16.4. The van der Waals surface area contributed by atoms with E-state index in [0.29, 0.717) is 0 Å². The molecular formula is CNO2. The maximum absolute atomic E-state index is 8.44. The predicted octanol–water partition coefficient (Wildman–Crippen LogP) is -0.394. The molecule has 0 N–H and O–H groups in total. The van der Waals surface area contributed by atoms with Gasteiger partial charge in [-0.2, -0.15) is 0 Å². The van der Waals surface area contributed by atoms with E-state index in [0.717, 1.165) is 0 Å². The van der Waals surface area contributed by atoms with Crippen molar-refractivity contribution in [1.82, 2.24) is 5.73 Å². The Hall–Kier alpha value is -0.730. The zero-order chi connectivity index (χ0) is 3.58. The molecule has 0 saturated heterocycles. The normalized spacial score (nSPS) is 6.00. The zero-order valence-electron chi connectivity index (χ0n) is 1.76. The molecule has 1 amide bonds. The van der Waals surface area contributed by atoms with Crippen LogP contribution in [0.15, 0.2) is 0 Å². The van der Waals surface area contributed by atoms with E-state index >= 15 is 0 Å². The van der Waals surface area contributed by atoms with Crippen molar-refractivity contribution in [3.05, 3.63) is 0 Å². The summed E-state index contributed by atoms with van der Waals surface area (Å²) in [6, 6.07) is 0. The van der Waals surface area contributed by atoms with E-state index in [1.165, 1.54) is 0 Å². The average molecular weight is 58.0 g/mol. The third-order valence-electron chi connectivity index (χ3n) is 0. The molecule has 0 rings (SSSR count). The van der Waals surface area contributed by atoms with Crippen molar-refractivity contribution < 1.29 is 9.90 Å². The van der Waals surface area contributed by atoms with Gasteiger partial charge in [0.1, 0.15) is 0 Å². The van der Waals surface area contributed by atoms with Gasteiger partial charge in [-0.25, -0.2) is 9.90 Å². The molecule has 21 valence electrons. The first-order valence-electron chi connectivity index (χ1n) is 0.632. The average Bonchev–Trinajstić information content (AvgIpc) is 0.811. The number of amides is 1. The standard InChI is InChI=1S/CNO2/c2-1(3)4. The van der Waals surface area contributed by atoms with Crippen LogP contribution in [-0.4, -0.2) is 6.09 Å². The molecule has 0 aromatic heterocycles. The van der Waals surface area contributed by atoms with Crippen LogP contribution in [0.5, 0.6) is 0 Å². The molecule has 0 aromatic carbocycles. The van der Waals surface area contributed by atoms with Gasteiger partial charge in [0.25, 0.3) is 0 Å². The summed E-state index contributed by atoms with van der Waals surface area (Å²) >= 11 is 0. The summed E-state index contributed by atoms with van der Waals surface area (Å²) < 4.78 is 0. The minimum atomic E-state index is -2.08. The maximum Gasteiger partial charge on any atom is 0.494 e. The fraction of sp³-hybridized carbons (Fsp3) is 0. The van der Waals surface area contributed by atoms with Gasteiger partial charge in [-0.05, 0) is 0 Å². The fourth-order valence-corrected chi connectivity index (χ4v) is 0. The minimum Gasteiger partial charge on any atom is -0.216 e. The smallest absolute Gasteiger partial charge is 0.216 e. The van der Waals surface area contributed by atoms with Crippen molar-refractivity contribution in [3.63, 3.8) is 0 Å². The Morgan fingerprint density at radius 3 is 1.75 bits per heavy atom. The van der Waals surface area contributed by atoms with Crippen molar-refractivity contribution in [2.24, 2.45) is 0 Å². The molecule has 3 nitrogen and oxygen atoms in total. The monoisotopic (exact) mass is 58.0 g/mol. The highest BCUT2D eigenvalue weighted by molar-refractivity contribution is 5.60. The van der Waals surface area contributed by atoms with Gasteiger partial charge in [0, 0.05) is 0 Å². The van der Waals surface area contributed by atoms with Crippen LogP contribution in [0, 0.1) is 0 Å². The third-order valence-corrected chi connectivity index (χ3v) is 0. The van der Waals surface area contributed by atoms with Crippen LogP contribution < -0.4 is 5.73 Å². The number of carbonyl (C=O) groups excluding carboxylic acids is 1. The SMILES string of the molecule is [N]C([O])=O. The molecule has 0 fully saturated rings. The van der Waals surface area contributed by atoms with Crippen LogP contribution in [-0.2, 0) is 5.11 Å². The lowest BCUT2D eigenvalue weighted by molar-refractivity contribution is 0.178. The second-order valence-corrected chi connectivity index (χ2v) is 0.266. The van der Waals surface area contributed by atoms with Gasteiger partial charge in [0.05, 0.1) is 0 Å². The molecule has 0 spiro atoms. The molecule has 0 unspecified atom stereocenters. The molecule has 0 aliphatic rings. The first-order chi connectivity index (χ1) is 1.73. The highest BCUT2D eigenvalue weighted by Crippen LogP contribution is 1.43. The molecule has 0 aliphatic heterocycles. The summed E-state index contributed by atoms with van der Waals surface area (Å²) in [5.41, 5.74) is 6.86. The topological polar surface area (TPSA) is 59.3 Å². The maximum atomic E-state index is 8.44. The van der Waals surface area contributed by atoms with Gasteiger partial charge in [-0.15, -0.1) is 0 Å².